The zero-order chi connectivity index (χ0) is 58.6. The van der Waals surface area contributed by atoms with Gasteiger partial charge in [-0.05, 0) is 64.2 Å². The highest BCUT2D eigenvalue weighted by molar-refractivity contribution is 5.76. The smallest absolute Gasteiger partial charge is 0.220 e. The lowest BCUT2D eigenvalue weighted by atomic mass is 9.99. The van der Waals surface area contributed by atoms with Gasteiger partial charge in [-0.15, -0.1) is 0 Å². The lowest BCUT2D eigenvalue weighted by Crippen LogP contribution is -2.60. The molecule has 0 aromatic rings. The summed E-state index contributed by atoms with van der Waals surface area (Å²) in [6, 6.07) is -0.730. The average molecular weight is 1140 g/mol. The fourth-order valence-electron chi connectivity index (χ4n) is 10.9. The van der Waals surface area contributed by atoms with Crippen LogP contribution in [-0.4, -0.2) is 87.5 Å². The van der Waals surface area contributed by atoms with Crippen molar-refractivity contribution in [1.29, 1.82) is 0 Å². The normalized spacial score (nSPS) is 18.8. The van der Waals surface area contributed by atoms with Gasteiger partial charge in [-0.2, -0.15) is 0 Å². The van der Waals surface area contributed by atoms with Gasteiger partial charge in [0.25, 0.3) is 0 Å². The van der Waals surface area contributed by atoms with E-state index in [0.29, 0.717) is 12.8 Å². The highest BCUT2D eigenvalue weighted by Crippen LogP contribution is 2.24. The lowest BCUT2D eigenvalue weighted by Gasteiger charge is -2.40. The first-order valence-electron chi connectivity index (χ1n) is 34.6. The fourth-order valence-corrected chi connectivity index (χ4v) is 10.9. The maximum atomic E-state index is 13.1. The van der Waals surface area contributed by atoms with Crippen molar-refractivity contribution in [2.24, 2.45) is 0 Å². The molecule has 0 bridgehead atoms. The van der Waals surface area contributed by atoms with Gasteiger partial charge in [0.1, 0.15) is 24.4 Å². The van der Waals surface area contributed by atoms with Crippen LogP contribution < -0.4 is 5.32 Å². The molecule has 9 nitrogen and oxygen atoms in total. The second-order valence-corrected chi connectivity index (χ2v) is 23.9. The molecule has 0 aromatic heterocycles. The molecule has 472 valence electrons. The first-order valence-corrected chi connectivity index (χ1v) is 34.6. The molecule has 0 radical (unpaired) electrons. The van der Waals surface area contributed by atoms with Crippen LogP contribution >= 0.6 is 0 Å². The average Bonchev–Trinajstić information content (AvgIpc) is 3.48. The number of nitrogens with one attached hydrogen (secondary N) is 1. The minimum atomic E-state index is -1.56. The molecule has 6 N–H and O–H groups in total. The van der Waals surface area contributed by atoms with Crippen molar-refractivity contribution in [1.82, 2.24) is 5.32 Å². The SMILES string of the molecule is CC/C=C\C/C=C\C/C=C\C/C=C\C/C=C\C/C=C\CCCCCCCCCCC(=O)NC(COC1OC(CO)C(O)C(O)C1O)C(O)CCCCCCCCCCCCCCCCCCCCCCCCCCCCCCCCC. The molecule has 0 aromatic carbocycles. The number of aliphatic hydroxyl groups is 5. The number of carbonyl (C=O) groups is 1. The van der Waals surface area contributed by atoms with Gasteiger partial charge in [-0.25, -0.2) is 0 Å². The number of unbranched alkanes of at least 4 members (excludes halogenated alkanes) is 38. The lowest BCUT2D eigenvalue weighted by molar-refractivity contribution is -0.302. The Kier molecular flexibility index (Phi) is 57.5. The number of carbonyl (C=O) groups excluding carboxylic acids is 1. The van der Waals surface area contributed by atoms with Gasteiger partial charge in [0.15, 0.2) is 6.29 Å². The Morgan fingerprint density at radius 2 is 0.765 bits per heavy atom. The highest BCUT2D eigenvalue weighted by Gasteiger charge is 2.44. The third-order valence-electron chi connectivity index (χ3n) is 16.3. The topological polar surface area (TPSA) is 149 Å². The van der Waals surface area contributed by atoms with Gasteiger partial charge in [0.05, 0.1) is 25.4 Å². The monoisotopic (exact) mass is 1140 g/mol. The third kappa shape index (κ3) is 49.6. The van der Waals surface area contributed by atoms with E-state index in [1.807, 2.05) is 0 Å². The molecule has 1 aliphatic heterocycles. The summed E-state index contributed by atoms with van der Waals surface area (Å²) in [7, 11) is 0. The minimum absolute atomic E-state index is 0.144. The number of rotatable bonds is 60. The number of allylic oxidation sites excluding steroid dienone is 12. The van der Waals surface area contributed by atoms with Crippen LogP contribution in [0.5, 0.6) is 0 Å². The first-order chi connectivity index (χ1) is 39.8. The number of ether oxygens (including phenoxy) is 2. The second kappa shape index (κ2) is 60.7. The Bertz CT molecular complexity index is 1510. The fraction of sp³-hybridized carbons (Fsp3) is 0.819. The zero-order valence-corrected chi connectivity index (χ0v) is 52.8. The Morgan fingerprint density at radius 3 is 1.14 bits per heavy atom. The third-order valence-corrected chi connectivity index (χ3v) is 16.3. The molecule has 1 saturated heterocycles. The molecular formula is C72H131NO8. The summed E-state index contributed by atoms with van der Waals surface area (Å²) < 4.78 is 11.4. The van der Waals surface area contributed by atoms with Crippen LogP contribution in [0.3, 0.4) is 0 Å². The predicted octanol–water partition coefficient (Wildman–Crippen LogP) is 18.8. The molecule has 7 unspecified atom stereocenters. The summed E-state index contributed by atoms with van der Waals surface area (Å²) in [6.07, 6.45) is 78.2. The van der Waals surface area contributed by atoms with Gasteiger partial charge in [-0.1, -0.05) is 324 Å². The standard InChI is InChI=1S/C72H131NO8/c1-3-5-7-9-11-13-15-17-19-21-23-25-27-29-31-32-33-34-36-37-39-41-43-45-47-49-51-53-55-57-59-61-66(75)65(64-80-72-71(79)70(78)69(77)67(63-74)81-72)73-68(76)62-60-58-56-54-52-50-48-46-44-42-40-38-35-30-28-26-24-22-20-18-16-14-12-10-8-6-4-2/h6,8,12,14,18,20,24,26,30,35,40,42,65-67,69-72,74-75,77-79H,3-5,7,9-11,13,15-17,19,21-23,25,27-29,31-34,36-39,41,43-64H2,1-2H3,(H,73,76)/b8-6-,14-12-,20-18-,26-24-,35-30-,42-40-. The van der Waals surface area contributed by atoms with Gasteiger partial charge < -0.3 is 40.3 Å². The number of aliphatic hydroxyl groups excluding tert-OH is 5. The van der Waals surface area contributed by atoms with E-state index in [-0.39, 0.29) is 12.5 Å². The van der Waals surface area contributed by atoms with Gasteiger partial charge in [0.2, 0.25) is 5.91 Å². The van der Waals surface area contributed by atoms with E-state index in [1.54, 1.807) is 0 Å². The van der Waals surface area contributed by atoms with Gasteiger partial charge >= 0.3 is 0 Å². The molecule has 0 spiro atoms. The Labute approximate surface area is 499 Å². The van der Waals surface area contributed by atoms with E-state index >= 15 is 0 Å². The summed E-state index contributed by atoms with van der Waals surface area (Å²) in [4.78, 5) is 13.1. The van der Waals surface area contributed by atoms with Crippen molar-refractivity contribution in [3.8, 4) is 0 Å². The summed E-state index contributed by atoms with van der Waals surface area (Å²) in [5, 5.41) is 54.9. The van der Waals surface area contributed by atoms with Crippen LogP contribution in [0.15, 0.2) is 72.9 Å². The van der Waals surface area contributed by atoms with E-state index in [4.69, 9.17) is 9.47 Å². The molecule has 1 amide bonds. The second-order valence-electron chi connectivity index (χ2n) is 23.9. The summed E-state index contributed by atoms with van der Waals surface area (Å²) in [5.41, 5.74) is 0. The quantitative estimate of drug-likeness (QED) is 0.0261. The summed E-state index contributed by atoms with van der Waals surface area (Å²) in [5.74, 6) is -0.151. The Hall–Kier alpha value is -2.37. The van der Waals surface area contributed by atoms with Crippen LogP contribution in [0.2, 0.25) is 0 Å². The Balaban J connectivity index is 2.14. The van der Waals surface area contributed by atoms with E-state index in [0.717, 1.165) is 89.9 Å². The molecule has 0 aliphatic carbocycles. The molecule has 1 heterocycles. The van der Waals surface area contributed by atoms with Crippen LogP contribution in [0.1, 0.15) is 322 Å². The maximum absolute atomic E-state index is 13.1. The van der Waals surface area contributed by atoms with Crippen molar-refractivity contribution in [2.75, 3.05) is 13.2 Å². The summed E-state index contributed by atoms with van der Waals surface area (Å²) in [6.45, 7) is 3.76. The number of hydrogen-bond donors (Lipinski definition) is 6. The van der Waals surface area contributed by atoms with Crippen molar-refractivity contribution in [3.05, 3.63) is 72.9 Å². The van der Waals surface area contributed by atoms with E-state index in [1.165, 1.54) is 205 Å². The number of amides is 1. The van der Waals surface area contributed by atoms with Crippen LogP contribution in [-0.2, 0) is 14.3 Å². The molecule has 0 saturated carbocycles. The van der Waals surface area contributed by atoms with Crippen molar-refractivity contribution in [2.45, 2.75) is 365 Å². The molecule has 9 heteroatoms. The molecule has 81 heavy (non-hydrogen) atoms. The van der Waals surface area contributed by atoms with Gasteiger partial charge in [0, 0.05) is 6.42 Å². The minimum Gasteiger partial charge on any atom is -0.394 e. The first kappa shape index (κ1) is 76.6. The zero-order valence-electron chi connectivity index (χ0n) is 52.8. The molecule has 1 rings (SSSR count). The Morgan fingerprint density at radius 1 is 0.432 bits per heavy atom. The summed E-state index contributed by atoms with van der Waals surface area (Å²) >= 11 is 0. The molecule has 7 atom stereocenters. The number of hydrogen-bond acceptors (Lipinski definition) is 8. The molecule has 1 aliphatic rings. The van der Waals surface area contributed by atoms with E-state index < -0.39 is 49.5 Å². The predicted molar refractivity (Wildman–Crippen MR) is 345 cm³/mol. The van der Waals surface area contributed by atoms with Crippen LogP contribution in [0.25, 0.3) is 0 Å². The van der Waals surface area contributed by atoms with Crippen LogP contribution in [0.4, 0.5) is 0 Å². The van der Waals surface area contributed by atoms with Crippen molar-refractivity contribution >= 4 is 5.91 Å². The van der Waals surface area contributed by atoms with E-state index in [2.05, 4.69) is 92.1 Å². The van der Waals surface area contributed by atoms with Gasteiger partial charge in [-0.3, -0.25) is 4.79 Å². The van der Waals surface area contributed by atoms with Crippen molar-refractivity contribution in [3.63, 3.8) is 0 Å². The van der Waals surface area contributed by atoms with E-state index in [9.17, 15) is 30.3 Å². The molecule has 1 fully saturated rings. The van der Waals surface area contributed by atoms with Crippen molar-refractivity contribution < 1.29 is 39.8 Å². The largest absolute Gasteiger partial charge is 0.394 e. The highest BCUT2D eigenvalue weighted by atomic mass is 16.7. The maximum Gasteiger partial charge on any atom is 0.220 e. The van der Waals surface area contributed by atoms with Crippen LogP contribution in [0, 0.1) is 0 Å². The molecular weight excluding hydrogens is 1010 g/mol.